The molecule has 1 aromatic carbocycles. The number of rotatable bonds is 4. The lowest BCUT2D eigenvalue weighted by Crippen LogP contribution is -2.38. The SMILES string of the molecule is Cc1nc2c(nnn2C[C@H]2CCCN2S(=O)(=O)c2ccccc2)c(=O)[nH]1. The maximum atomic E-state index is 13.0. The average molecular weight is 374 g/mol. The minimum atomic E-state index is -3.58. The summed E-state index contributed by atoms with van der Waals surface area (Å²) in [6.07, 6.45) is 1.49. The van der Waals surface area contributed by atoms with Crippen LogP contribution in [0, 0.1) is 6.92 Å². The molecular formula is C16H18N6O3S. The molecule has 9 nitrogen and oxygen atoms in total. The van der Waals surface area contributed by atoms with E-state index in [1.54, 1.807) is 37.3 Å². The highest BCUT2D eigenvalue weighted by atomic mass is 32.2. The van der Waals surface area contributed by atoms with E-state index in [4.69, 9.17) is 0 Å². The number of aromatic amines is 1. The third kappa shape index (κ3) is 2.80. The Kier molecular flexibility index (Phi) is 4.08. The van der Waals surface area contributed by atoms with Crippen LogP contribution >= 0.6 is 0 Å². The van der Waals surface area contributed by atoms with Crippen molar-refractivity contribution in [3.8, 4) is 0 Å². The van der Waals surface area contributed by atoms with Crippen LogP contribution in [0.3, 0.4) is 0 Å². The van der Waals surface area contributed by atoms with Crippen LogP contribution in [0.25, 0.3) is 11.2 Å². The Morgan fingerprint density at radius 2 is 2.04 bits per heavy atom. The number of aryl methyl sites for hydroxylation is 1. The molecule has 0 saturated carbocycles. The van der Waals surface area contributed by atoms with Crippen molar-refractivity contribution >= 4 is 21.2 Å². The van der Waals surface area contributed by atoms with Crippen molar-refractivity contribution in [3.05, 3.63) is 46.5 Å². The highest BCUT2D eigenvalue weighted by Crippen LogP contribution is 2.27. The van der Waals surface area contributed by atoms with E-state index in [0.717, 1.165) is 12.8 Å². The first-order valence-electron chi connectivity index (χ1n) is 8.34. The smallest absolute Gasteiger partial charge is 0.281 e. The summed E-state index contributed by atoms with van der Waals surface area (Å²) in [5.74, 6) is 0.464. The molecule has 1 saturated heterocycles. The first-order valence-corrected chi connectivity index (χ1v) is 9.78. The van der Waals surface area contributed by atoms with E-state index in [0.29, 0.717) is 24.6 Å². The van der Waals surface area contributed by atoms with Crippen LogP contribution in [0.15, 0.2) is 40.0 Å². The van der Waals surface area contributed by atoms with Gasteiger partial charge < -0.3 is 4.98 Å². The number of nitrogens with zero attached hydrogens (tertiary/aromatic N) is 5. The zero-order valence-corrected chi connectivity index (χ0v) is 15.0. The molecule has 4 rings (SSSR count). The van der Waals surface area contributed by atoms with Crippen LogP contribution in [0.4, 0.5) is 0 Å². The lowest BCUT2D eigenvalue weighted by atomic mass is 10.2. The van der Waals surface area contributed by atoms with Crippen LogP contribution in [0.2, 0.25) is 0 Å². The van der Waals surface area contributed by atoms with Crippen LogP contribution in [0.1, 0.15) is 18.7 Å². The topological polar surface area (TPSA) is 114 Å². The van der Waals surface area contributed by atoms with Gasteiger partial charge in [-0.1, -0.05) is 23.4 Å². The molecule has 1 N–H and O–H groups in total. The number of hydrogen-bond donors (Lipinski definition) is 1. The van der Waals surface area contributed by atoms with E-state index < -0.39 is 10.0 Å². The van der Waals surface area contributed by atoms with Crippen molar-refractivity contribution in [2.24, 2.45) is 0 Å². The van der Waals surface area contributed by atoms with Crippen molar-refractivity contribution in [2.75, 3.05) is 6.54 Å². The van der Waals surface area contributed by atoms with Crippen LogP contribution in [-0.2, 0) is 16.6 Å². The van der Waals surface area contributed by atoms with Gasteiger partial charge in [0.05, 0.1) is 11.4 Å². The molecule has 3 aromatic rings. The lowest BCUT2D eigenvalue weighted by Gasteiger charge is -2.24. The van der Waals surface area contributed by atoms with Crippen molar-refractivity contribution in [1.82, 2.24) is 29.3 Å². The van der Waals surface area contributed by atoms with Gasteiger partial charge in [0.2, 0.25) is 10.0 Å². The number of nitrogens with one attached hydrogen (secondary N) is 1. The number of H-pyrrole nitrogens is 1. The number of benzene rings is 1. The third-order valence-corrected chi connectivity index (χ3v) is 6.51. The van der Waals surface area contributed by atoms with Gasteiger partial charge in [-0.25, -0.2) is 18.1 Å². The van der Waals surface area contributed by atoms with Crippen molar-refractivity contribution in [1.29, 1.82) is 0 Å². The zero-order valence-electron chi connectivity index (χ0n) is 14.2. The van der Waals surface area contributed by atoms with E-state index in [1.165, 1.54) is 8.99 Å². The molecular weight excluding hydrogens is 356 g/mol. The molecule has 1 aliphatic heterocycles. The van der Waals surface area contributed by atoms with Gasteiger partial charge >= 0.3 is 0 Å². The molecule has 1 fully saturated rings. The number of hydrogen-bond acceptors (Lipinski definition) is 6. The summed E-state index contributed by atoms with van der Waals surface area (Å²) in [6.45, 7) is 2.44. The van der Waals surface area contributed by atoms with E-state index in [9.17, 15) is 13.2 Å². The Balaban J connectivity index is 1.67. The Bertz CT molecular complexity index is 1110. The van der Waals surface area contributed by atoms with Gasteiger partial charge in [-0.2, -0.15) is 4.31 Å². The summed E-state index contributed by atoms with van der Waals surface area (Å²) in [5.41, 5.74) is 0.181. The molecule has 10 heteroatoms. The quantitative estimate of drug-likeness (QED) is 0.718. The predicted octanol–water partition coefficient (Wildman–Crippen LogP) is 0.676. The zero-order chi connectivity index (χ0) is 18.3. The molecule has 0 spiro atoms. The molecule has 0 bridgehead atoms. The molecule has 26 heavy (non-hydrogen) atoms. The van der Waals surface area contributed by atoms with Crippen molar-refractivity contribution in [2.45, 2.75) is 37.2 Å². The van der Waals surface area contributed by atoms with E-state index in [-0.39, 0.29) is 22.0 Å². The second-order valence-electron chi connectivity index (χ2n) is 6.32. The Labute approximate surface area is 149 Å². The Morgan fingerprint density at radius 3 is 2.81 bits per heavy atom. The fourth-order valence-corrected chi connectivity index (χ4v) is 5.04. The van der Waals surface area contributed by atoms with Gasteiger partial charge in [-0.05, 0) is 31.9 Å². The number of sulfonamides is 1. The van der Waals surface area contributed by atoms with Crippen LogP contribution < -0.4 is 5.56 Å². The second-order valence-corrected chi connectivity index (χ2v) is 8.21. The first kappa shape index (κ1) is 16.9. The molecule has 2 aromatic heterocycles. The maximum Gasteiger partial charge on any atom is 0.281 e. The summed E-state index contributed by atoms with van der Waals surface area (Å²) in [4.78, 5) is 19.1. The summed E-state index contributed by atoms with van der Waals surface area (Å²) < 4.78 is 28.9. The van der Waals surface area contributed by atoms with E-state index >= 15 is 0 Å². The first-order chi connectivity index (χ1) is 12.5. The molecule has 0 aliphatic carbocycles. The summed E-state index contributed by atoms with van der Waals surface area (Å²) >= 11 is 0. The van der Waals surface area contributed by atoms with Gasteiger partial charge in [0.1, 0.15) is 5.82 Å². The highest BCUT2D eigenvalue weighted by Gasteiger charge is 2.36. The van der Waals surface area contributed by atoms with Crippen molar-refractivity contribution < 1.29 is 8.42 Å². The summed E-state index contributed by atoms with van der Waals surface area (Å²) in [5, 5.41) is 7.90. The molecule has 3 heterocycles. The van der Waals surface area contributed by atoms with Gasteiger partial charge in [-0.15, -0.1) is 5.10 Å². The van der Waals surface area contributed by atoms with Gasteiger partial charge in [0, 0.05) is 12.6 Å². The van der Waals surface area contributed by atoms with Gasteiger partial charge in [0.15, 0.2) is 11.2 Å². The minimum absolute atomic E-state index is 0.158. The number of aromatic nitrogens is 5. The van der Waals surface area contributed by atoms with E-state index in [1.807, 2.05) is 0 Å². The predicted molar refractivity (Wildman–Crippen MR) is 94.0 cm³/mol. The second kappa shape index (κ2) is 6.29. The summed E-state index contributed by atoms with van der Waals surface area (Å²) in [7, 11) is -3.58. The molecule has 0 radical (unpaired) electrons. The molecule has 1 aliphatic rings. The highest BCUT2D eigenvalue weighted by molar-refractivity contribution is 7.89. The molecule has 136 valence electrons. The van der Waals surface area contributed by atoms with Crippen LogP contribution in [0.5, 0.6) is 0 Å². The van der Waals surface area contributed by atoms with E-state index in [2.05, 4.69) is 20.3 Å². The van der Waals surface area contributed by atoms with Gasteiger partial charge in [0.25, 0.3) is 5.56 Å². The van der Waals surface area contributed by atoms with Gasteiger partial charge in [-0.3, -0.25) is 4.79 Å². The third-order valence-electron chi connectivity index (χ3n) is 4.55. The lowest BCUT2D eigenvalue weighted by molar-refractivity contribution is 0.341. The van der Waals surface area contributed by atoms with Crippen LogP contribution in [-0.4, -0.2) is 50.3 Å². The summed E-state index contributed by atoms with van der Waals surface area (Å²) in [6, 6.07) is 8.14. The minimum Gasteiger partial charge on any atom is -0.309 e. The Morgan fingerprint density at radius 1 is 1.27 bits per heavy atom. The average Bonchev–Trinajstić information content (AvgIpc) is 3.24. The Hall–Kier alpha value is -2.59. The normalized spacial score (nSPS) is 18.6. The monoisotopic (exact) mass is 374 g/mol. The fourth-order valence-electron chi connectivity index (χ4n) is 3.33. The molecule has 1 atom stereocenters. The largest absolute Gasteiger partial charge is 0.309 e. The standard InChI is InChI=1S/C16H18N6O3S/c1-11-17-15-14(16(23)18-11)19-20-21(15)10-12-6-5-9-22(12)26(24,25)13-7-3-2-4-8-13/h2-4,7-8,12H,5-6,9-10H2,1H3,(H,17,18,23)/t12-/m1/s1. The number of fused-ring (bicyclic) bond motifs is 1. The molecule has 0 amide bonds. The molecule has 0 unspecified atom stereocenters. The van der Waals surface area contributed by atoms with Crippen molar-refractivity contribution in [3.63, 3.8) is 0 Å². The maximum absolute atomic E-state index is 13.0. The fraction of sp³-hybridized carbons (Fsp3) is 0.375.